The highest BCUT2D eigenvalue weighted by atomic mass is 16.5. The first-order valence-electron chi connectivity index (χ1n) is 7.53. The van der Waals surface area contributed by atoms with Crippen LogP contribution < -0.4 is 10.6 Å². The molecule has 1 aliphatic heterocycles. The van der Waals surface area contributed by atoms with E-state index < -0.39 is 0 Å². The lowest BCUT2D eigenvalue weighted by molar-refractivity contribution is 0.106. The summed E-state index contributed by atoms with van der Waals surface area (Å²) in [5.74, 6) is 0.393. The maximum Gasteiger partial charge on any atom is 0.409 e. The van der Waals surface area contributed by atoms with Gasteiger partial charge in [0.2, 0.25) is 0 Å². The van der Waals surface area contributed by atoms with Crippen LogP contribution in [0.25, 0.3) is 0 Å². The largest absolute Gasteiger partial charge is 0.453 e. The lowest BCUT2D eigenvalue weighted by atomic mass is 9.97. The van der Waals surface area contributed by atoms with Gasteiger partial charge in [-0.05, 0) is 37.8 Å². The van der Waals surface area contributed by atoms with Crippen molar-refractivity contribution in [3.8, 4) is 0 Å². The average Bonchev–Trinajstić information content (AvgIpc) is 2.55. The molecule has 1 heterocycles. The molecule has 120 valence electrons. The number of nitrogens with zero attached hydrogens (tertiary/aromatic N) is 1. The maximum absolute atomic E-state index is 11.9. The Morgan fingerprint density at radius 2 is 1.86 bits per heavy atom. The summed E-state index contributed by atoms with van der Waals surface area (Å²) >= 11 is 0. The highest BCUT2D eigenvalue weighted by Crippen LogP contribution is 2.17. The molecule has 1 fully saturated rings. The van der Waals surface area contributed by atoms with Gasteiger partial charge in [0.25, 0.3) is 0 Å². The Hall–Kier alpha value is -2.24. The summed E-state index contributed by atoms with van der Waals surface area (Å²) in [6.07, 6.45) is 1.48. The van der Waals surface area contributed by atoms with Crippen LogP contribution in [-0.4, -0.2) is 43.8 Å². The van der Waals surface area contributed by atoms with Gasteiger partial charge in [-0.2, -0.15) is 0 Å². The van der Waals surface area contributed by atoms with Gasteiger partial charge in [0.15, 0.2) is 0 Å². The molecular formula is C16H23N3O3. The first kappa shape index (κ1) is 16.1. The highest BCUT2D eigenvalue weighted by molar-refractivity contribution is 5.89. The van der Waals surface area contributed by atoms with Crippen LogP contribution in [0.5, 0.6) is 0 Å². The smallest absolute Gasteiger partial charge is 0.409 e. The minimum absolute atomic E-state index is 0.195. The molecule has 1 saturated heterocycles. The number of amides is 3. The fraction of sp³-hybridized carbons (Fsp3) is 0.500. The van der Waals surface area contributed by atoms with Gasteiger partial charge in [-0.15, -0.1) is 0 Å². The molecule has 0 aromatic heterocycles. The summed E-state index contributed by atoms with van der Waals surface area (Å²) in [6, 6.07) is 7.48. The quantitative estimate of drug-likeness (QED) is 0.901. The monoisotopic (exact) mass is 305 g/mol. The van der Waals surface area contributed by atoms with Gasteiger partial charge in [0.05, 0.1) is 7.11 Å². The number of carbonyl (C=O) groups is 2. The first-order chi connectivity index (χ1) is 10.6. The highest BCUT2D eigenvalue weighted by Gasteiger charge is 2.23. The summed E-state index contributed by atoms with van der Waals surface area (Å²) in [6.45, 7) is 3.98. The van der Waals surface area contributed by atoms with Crippen LogP contribution in [0, 0.1) is 12.8 Å². The molecule has 1 aromatic rings. The van der Waals surface area contributed by atoms with Crippen LogP contribution in [0.3, 0.4) is 0 Å². The number of likely N-dealkylation sites (tertiary alicyclic amines) is 1. The Labute approximate surface area is 130 Å². The van der Waals surface area contributed by atoms with E-state index in [2.05, 4.69) is 10.6 Å². The minimum atomic E-state index is -0.275. The molecule has 1 aliphatic rings. The third-order valence-electron chi connectivity index (χ3n) is 3.91. The van der Waals surface area contributed by atoms with Crippen molar-refractivity contribution in [3.05, 3.63) is 29.8 Å². The number of carbonyl (C=O) groups excluding carboxylic acids is 2. The van der Waals surface area contributed by atoms with E-state index in [1.54, 1.807) is 4.90 Å². The molecule has 3 amide bonds. The van der Waals surface area contributed by atoms with Crippen molar-refractivity contribution >= 4 is 17.8 Å². The van der Waals surface area contributed by atoms with Gasteiger partial charge >= 0.3 is 12.1 Å². The SMILES string of the molecule is COC(=O)N1CCC(CNC(=O)Nc2ccc(C)cc2)CC1. The zero-order chi connectivity index (χ0) is 15.9. The van der Waals surface area contributed by atoms with Crippen molar-refractivity contribution in [1.82, 2.24) is 10.2 Å². The van der Waals surface area contributed by atoms with E-state index in [-0.39, 0.29) is 12.1 Å². The molecule has 0 spiro atoms. The van der Waals surface area contributed by atoms with Crippen LogP contribution in [0.4, 0.5) is 15.3 Å². The summed E-state index contributed by atoms with van der Waals surface area (Å²) in [5.41, 5.74) is 1.94. The van der Waals surface area contributed by atoms with E-state index in [9.17, 15) is 9.59 Å². The third kappa shape index (κ3) is 4.65. The molecule has 2 N–H and O–H groups in total. The number of ether oxygens (including phenoxy) is 1. The average molecular weight is 305 g/mol. The fourth-order valence-corrected chi connectivity index (χ4v) is 2.50. The number of aryl methyl sites for hydroxylation is 1. The number of nitrogens with one attached hydrogen (secondary N) is 2. The third-order valence-corrected chi connectivity index (χ3v) is 3.91. The number of benzene rings is 1. The van der Waals surface area contributed by atoms with Crippen LogP contribution in [0.1, 0.15) is 18.4 Å². The van der Waals surface area contributed by atoms with Gasteiger partial charge in [-0.1, -0.05) is 17.7 Å². The van der Waals surface area contributed by atoms with Crippen molar-refractivity contribution in [2.24, 2.45) is 5.92 Å². The van der Waals surface area contributed by atoms with E-state index in [1.165, 1.54) is 7.11 Å². The molecule has 22 heavy (non-hydrogen) atoms. The number of urea groups is 1. The second-order valence-electron chi connectivity index (χ2n) is 5.60. The van der Waals surface area contributed by atoms with Crippen molar-refractivity contribution in [2.45, 2.75) is 19.8 Å². The van der Waals surface area contributed by atoms with Crippen LogP contribution in [0.15, 0.2) is 24.3 Å². The van der Waals surface area contributed by atoms with Gasteiger partial charge in [0.1, 0.15) is 0 Å². The molecule has 1 aromatic carbocycles. The Morgan fingerprint density at radius 3 is 2.45 bits per heavy atom. The predicted molar refractivity (Wildman–Crippen MR) is 84.9 cm³/mol. The molecule has 0 unspecified atom stereocenters. The molecular weight excluding hydrogens is 282 g/mol. The molecule has 0 bridgehead atoms. The standard InChI is InChI=1S/C16H23N3O3/c1-12-3-5-14(6-4-12)18-15(20)17-11-13-7-9-19(10-8-13)16(21)22-2/h3-6,13H,7-11H2,1-2H3,(H2,17,18,20). The second-order valence-corrected chi connectivity index (χ2v) is 5.60. The van der Waals surface area contributed by atoms with Crippen LogP contribution in [-0.2, 0) is 4.74 Å². The van der Waals surface area contributed by atoms with Gasteiger partial charge in [-0.25, -0.2) is 9.59 Å². The Balaban J connectivity index is 1.69. The maximum atomic E-state index is 11.9. The fourth-order valence-electron chi connectivity index (χ4n) is 2.50. The van der Waals surface area contributed by atoms with Crippen LogP contribution in [0.2, 0.25) is 0 Å². The number of hydrogen-bond acceptors (Lipinski definition) is 3. The van der Waals surface area contributed by atoms with E-state index >= 15 is 0 Å². The summed E-state index contributed by atoms with van der Waals surface area (Å²) < 4.78 is 4.71. The van der Waals surface area contributed by atoms with E-state index in [0.29, 0.717) is 25.6 Å². The number of rotatable bonds is 3. The van der Waals surface area contributed by atoms with Crippen molar-refractivity contribution in [1.29, 1.82) is 0 Å². The summed E-state index contributed by atoms with van der Waals surface area (Å²) in [7, 11) is 1.39. The topological polar surface area (TPSA) is 70.7 Å². The van der Waals surface area contributed by atoms with Gasteiger partial charge < -0.3 is 20.3 Å². The molecule has 6 heteroatoms. The number of anilines is 1. The number of piperidine rings is 1. The molecule has 0 atom stereocenters. The Kier molecular flexibility index (Phi) is 5.63. The Morgan fingerprint density at radius 1 is 1.23 bits per heavy atom. The minimum Gasteiger partial charge on any atom is -0.453 e. The zero-order valence-electron chi connectivity index (χ0n) is 13.1. The lowest BCUT2D eigenvalue weighted by Crippen LogP contribution is -2.42. The van der Waals surface area contributed by atoms with E-state index in [1.807, 2.05) is 31.2 Å². The number of hydrogen-bond donors (Lipinski definition) is 2. The van der Waals surface area contributed by atoms with Gasteiger partial charge in [0, 0.05) is 25.3 Å². The van der Waals surface area contributed by atoms with E-state index in [4.69, 9.17) is 4.74 Å². The lowest BCUT2D eigenvalue weighted by Gasteiger charge is -2.30. The predicted octanol–water partition coefficient (Wildman–Crippen LogP) is 2.59. The summed E-state index contributed by atoms with van der Waals surface area (Å²) in [5, 5.41) is 5.70. The van der Waals surface area contributed by atoms with Crippen LogP contribution >= 0.6 is 0 Å². The molecule has 0 saturated carbocycles. The van der Waals surface area contributed by atoms with E-state index in [0.717, 1.165) is 24.1 Å². The Bertz CT molecular complexity index is 508. The van der Waals surface area contributed by atoms with Crippen molar-refractivity contribution in [2.75, 3.05) is 32.1 Å². The molecule has 6 nitrogen and oxygen atoms in total. The van der Waals surface area contributed by atoms with Gasteiger partial charge in [-0.3, -0.25) is 0 Å². The molecule has 2 rings (SSSR count). The van der Waals surface area contributed by atoms with Crippen molar-refractivity contribution < 1.29 is 14.3 Å². The summed E-state index contributed by atoms with van der Waals surface area (Å²) in [4.78, 5) is 24.9. The number of methoxy groups -OCH3 is 1. The second kappa shape index (κ2) is 7.68. The first-order valence-corrected chi connectivity index (χ1v) is 7.53. The zero-order valence-corrected chi connectivity index (χ0v) is 13.1. The normalized spacial score (nSPS) is 15.3. The molecule has 0 radical (unpaired) electrons. The molecule has 0 aliphatic carbocycles. The van der Waals surface area contributed by atoms with Crippen molar-refractivity contribution in [3.63, 3.8) is 0 Å².